The molecule has 1 fully saturated rings. The van der Waals surface area contributed by atoms with E-state index in [1.54, 1.807) is 0 Å². The fraction of sp³-hybridized carbons (Fsp3) is 1.00. The first-order valence-corrected chi connectivity index (χ1v) is 9.62. The zero-order chi connectivity index (χ0) is 12.9. The van der Waals surface area contributed by atoms with Gasteiger partial charge in [-0.15, -0.1) is 11.6 Å². The van der Waals surface area contributed by atoms with Gasteiger partial charge in [-0.1, -0.05) is 0 Å². The van der Waals surface area contributed by atoms with Crippen LogP contribution in [0.3, 0.4) is 0 Å². The number of sulfone groups is 1. The SMILES string of the molecule is O=S1(=O)CCCC(NS(=O)(=O)CCCCCl)C1. The van der Waals surface area contributed by atoms with Crippen LogP contribution < -0.4 is 4.72 Å². The van der Waals surface area contributed by atoms with Gasteiger partial charge in [0.15, 0.2) is 9.84 Å². The lowest BCUT2D eigenvalue weighted by molar-refractivity contribution is 0.516. The van der Waals surface area contributed by atoms with Crippen LogP contribution in [0.1, 0.15) is 25.7 Å². The molecule has 1 N–H and O–H groups in total. The summed E-state index contributed by atoms with van der Waals surface area (Å²) in [6.45, 7) is 0. The Kier molecular flexibility index (Phi) is 5.69. The molecular formula is C9H18ClNO4S2. The molecule has 0 aromatic heterocycles. The van der Waals surface area contributed by atoms with Gasteiger partial charge in [0.1, 0.15) is 0 Å². The highest BCUT2D eigenvalue weighted by Crippen LogP contribution is 2.13. The highest BCUT2D eigenvalue weighted by Gasteiger charge is 2.27. The molecule has 0 saturated carbocycles. The monoisotopic (exact) mass is 303 g/mol. The fourth-order valence-corrected chi connectivity index (χ4v) is 5.16. The summed E-state index contributed by atoms with van der Waals surface area (Å²) in [6, 6.07) is -0.463. The Labute approximate surface area is 108 Å². The van der Waals surface area contributed by atoms with Crippen molar-refractivity contribution < 1.29 is 16.8 Å². The van der Waals surface area contributed by atoms with Gasteiger partial charge in [-0.05, 0) is 25.7 Å². The molecule has 1 heterocycles. The first kappa shape index (κ1) is 15.2. The van der Waals surface area contributed by atoms with E-state index in [1.165, 1.54) is 0 Å². The van der Waals surface area contributed by atoms with Crippen molar-refractivity contribution in [3.8, 4) is 0 Å². The molecule has 0 aromatic rings. The molecule has 17 heavy (non-hydrogen) atoms. The number of nitrogens with one attached hydrogen (secondary N) is 1. The van der Waals surface area contributed by atoms with Crippen molar-refractivity contribution in [3.05, 3.63) is 0 Å². The highest BCUT2D eigenvalue weighted by atomic mass is 35.5. The zero-order valence-electron chi connectivity index (χ0n) is 9.56. The van der Waals surface area contributed by atoms with Crippen LogP contribution in [0.25, 0.3) is 0 Å². The van der Waals surface area contributed by atoms with E-state index >= 15 is 0 Å². The van der Waals surface area contributed by atoms with Crippen molar-refractivity contribution in [2.45, 2.75) is 31.7 Å². The molecule has 0 spiro atoms. The lowest BCUT2D eigenvalue weighted by Crippen LogP contribution is -2.43. The average Bonchev–Trinajstić information content (AvgIpc) is 2.15. The quantitative estimate of drug-likeness (QED) is 0.572. The van der Waals surface area contributed by atoms with E-state index in [9.17, 15) is 16.8 Å². The van der Waals surface area contributed by atoms with E-state index < -0.39 is 25.9 Å². The maximum Gasteiger partial charge on any atom is 0.211 e. The third-order valence-electron chi connectivity index (χ3n) is 2.61. The fourth-order valence-electron chi connectivity index (χ4n) is 1.82. The van der Waals surface area contributed by atoms with Crippen LogP contribution in [-0.2, 0) is 19.9 Å². The molecule has 0 bridgehead atoms. The predicted molar refractivity (Wildman–Crippen MR) is 68.6 cm³/mol. The lowest BCUT2D eigenvalue weighted by atomic mass is 10.2. The minimum atomic E-state index is -3.38. The van der Waals surface area contributed by atoms with Crippen molar-refractivity contribution in [2.24, 2.45) is 0 Å². The first-order chi connectivity index (χ1) is 7.85. The van der Waals surface area contributed by atoms with Crippen LogP contribution >= 0.6 is 11.6 Å². The molecule has 1 saturated heterocycles. The number of halogens is 1. The molecule has 0 amide bonds. The van der Waals surface area contributed by atoms with E-state index in [0.717, 1.165) is 0 Å². The number of unbranched alkanes of at least 4 members (excludes halogenated alkanes) is 1. The van der Waals surface area contributed by atoms with Crippen molar-refractivity contribution >= 4 is 31.5 Å². The highest BCUT2D eigenvalue weighted by molar-refractivity contribution is 7.91. The van der Waals surface area contributed by atoms with Gasteiger partial charge in [-0.3, -0.25) is 0 Å². The van der Waals surface area contributed by atoms with Crippen molar-refractivity contribution in [3.63, 3.8) is 0 Å². The largest absolute Gasteiger partial charge is 0.229 e. The molecule has 8 heteroatoms. The number of alkyl halides is 1. The second kappa shape index (κ2) is 6.36. The molecule has 1 aliphatic heterocycles. The van der Waals surface area contributed by atoms with Crippen molar-refractivity contribution in [2.75, 3.05) is 23.1 Å². The van der Waals surface area contributed by atoms with Crippen molar-refractivity contribution in [1.82, 2.24) is 4.72 Å². The van der Waals surface area contributed by atoms with Gasteiger partial charge in [0.2, 0.25) is 10.0 Å². The minimum absolute atomic E-state index is 0.0102. The second-order valence-corrected chi connectivity index (χ2v) is 8.77. The standard InChI is InChI=1S/C9H18ClNO4S2/c10-5-1-2-7-17(14,15)11-9-4-3-6-16(12,13)8-9/h9,11H,1-8H2. The summed E-state index contributed by atoms with van der Waals surface area (Å²) in [6.07, 6.45) is 2.26. The van der Waals surface area contributed by atoms with Gasteiger partial charge in [0, 0.05) is 11.9 Å². The maximum absolute atomic E-state index is 11.6. The van der Waals surface area contributed by atoms with E-state index in [4.69, 9.17) is 11.6 Å². The molecule has 102 valence electrons. The molecule has 0 radical (unpaired) electrons. The second-order valence-electron chi connectivity index (χ2n) is 4.29. The maximum atomic E-state index is 11.6. The van der Waals surface area contributed by atoms with Crippen LogP contribution in [0.5, 0.6) is 0 Å². The molecule has 1 unspecified atom stereocenters. The van der Waals surface area contributed by atoms with Gasteiger partial charge in [0.05, 0.1) is 17.3 Å². The normalized spacial score (nSPS) is 24.6. The summed E-state index contributed by atoms with van der Waals surface area (Å²) in [5.41, 5.74) is 0. The van der Waals surface area contributed by atoms with Gasteiger partial charge < -0.3 is 0 Å². The number of rotatable bonds is 6. The average molecular weight is 304 g/mol. The van der Waals surface area contributed by atoms with Gasteiger partial charge in [0.25, 0.3) is 0 Å². The predicted octanol–water partition coefficient (Wildman–Crippen LogP) is 0.502. The summed E-state index contributed by atoms with van der Waals surface area (Å²) in [5, 5.41) is 0. The van der Waals surface area contributed by atoms with Crippen LogP contribution in [0, 0.1) is 0 Å². The summed E-state index contributed by atoms with van der Waals surface area (Å²) in [4.78, 5) is 0. The Hall–Kier alpha value is 0.150. The molecular weight excluding hydrogens is 286 g/mol. The summed E-state index contributed by atoms with van der Waals surface area (Å²) < 4.78 is 48.4. The molecule has 5 nitrogen and oxygen atoms in total. The Balaban J connectivity index is 2.47. The van der Waals surface area contributed by atoms with Crippen LogP contribution in [0.2, 0.25) is 0 Å². The van der Waals surface area contributed by atoms with Gasteiger partial charge in [-0.2, -0.15) is 0 Å². The van der Waals surface area contributed by atoms with E-state index in [2.05, 4.69) is 4.72 Å². The summed E-state index contributed by atoms with van der Waals surface area (Å²) in [5.74, 6) is 0.531. The molecule has 1 atom stereocenters. The summed E-state index contributed by atoms with van der Waals surface area (Å²) in [7, 11) is -6.45. The van der Waals surface area contributed by atoms with Crippen LogP contribution in [0.4, 0.5) is 0 Å². The molecule has 1 aliphatic rings. The Morgan fingerprint density at radius 3 is 2.59 bits per heavy atom. The van der Waals surface area contributed by atoms with Gasteiger partial charge >= 0.3 is 0 Å². The number of hydrogen-bond acceptors (Lipinski definition) is 4. The number of sulfonamides is 1. The zero-order valence-corrected chi connectivity index (χ0v) is 12.0. The Morgan fingerprint density at radius 1 is 1.29 bits per heavy atom. The summed E-state index contributed by atoms with van der Waals surface area (Å²) >= 11 is 5.47. The van der Waals surface area contributed by atoms with Crippen LogP contribution in [0.15, 0.2) is 0 Å². The smallest absolute Gasteiger partial charge is 0.211 e. The van der Waals surface area contributed by atoms with E-state index in [1.807, 2.05) is 0 Å². The van der Waals surface area contributed by atoms with E-state index in [0.29, 0.717) is 31.6 Å². The number of hydrogen-bond donors (Lipinski definition) is 1. The molecule has 0 aromatic carbocycles. The Morgan fingerprint density at radius 2 is 2.00 bits per heavy atom. The van der Waals surface area contributed by atoms with Gasteiger partial charge in [-0.25, -0.2) is 21.6 Å². The molecule has 0 aliphatic carbocycles. The Bertz CT molecular complexity index is 432. The topological polar surface area (TPSA) is 80.3 Å². The molecule has 1 rings (SSSR count). The van der Waals surface area contributed by atoms with Crippen LogP contribution in [-0.4, -0.2) is 46.0 Å². The third-order valence-corrected chi connectivity index (χ3v) is 6.21. The van der Waals surface area contributed by atoms with E-state index in [-0.39, 0.29) is 17.3 Å². The third kappa shape index (κ3) is 6.03. The van der Waals surface area contributed by atoms with Crippen molar-refractivity contribution in [1.29, 1.82) is 0 Å². The minimum Gasteiger partial charge on any atom is -0.229 e. The lowest BCUT2D eigenvalue weighted by Gasteiger charge is -2.22. The first-order valence-electron chi connectivity index (χ1n) is 5.61.